The molecule has 82 valence electrons. The minimum absolute atomic E-state index is 0.150. The van der Waals surface area contributed by atoms with Crippen LogP contribution in [0.15, 0.2) is 0 Å². The number of halogens is 1. The Hall–Kier alpha value is -0.640. The van der Waals surface area contributed by atoms with Crippen LogP contribution in [-0.2, 0) is 9.53 Å². The van der Waals surface area contributed by atoms with Gasteiger partial charge in [0.05, 0.1) is 18.7 Å². The predicted molar refractivity (Wildman–Crippen MR) is 49.9 cm³/mol. The average Bonchev–Trinajstić information content (AvgIpc) is 2.19. The Morgan fingerprint density at radius 1 is 1.36 bits per heavy atom. The lowest BCUT2D eigenvalue weighted by Crippen LogP contribution is -2.26. The summed E-state index contributed by atoms with van der Waals surface area (Å²) in [7, 11) is 0. The largest absolute Gasteiger partial charge is 0.481 e. The topological polar surface area (TPSA) is 46.5 Å². The molecule has 1 fully saturated rings. The lowest BCUT2D eigenvalue weighted by Gasteiger charge is -2.25. The summed E-state index contributed by atoms with van der Waals surface area (Å²) >= 11 is 0. The number of hydrogen-bond acceptors (Lipinski definition) is 2. The van der Waals surface area contributed by atoms with Crippen molar-refractivity contribution in [2.75, 3.05) is 13.3 Å². The summed E-state index contributed by atoms with van der Waals surface area (Å²) in [6, 6.07) is 0. The van der Waals surface area contributed by atoms with E-state index in [9.17, 15) is 9.18 Å². The van der Waals surface area contributed by atoms with Crippen molar-refractivity contribution in [2.45, 2.75) is 38.2 Å². The van der Waals surface area contributed by atoms with E-state index in [1.54, 1.807) is 0 Å². The second kappa shape index (κ2) is 5.96. The second-order valence-corrected chi connectivity index (χ2v) is 3.73. The standard InChI is InChI=1S/C10H17FO3/c11-6-1-7-14-9-4-2-8(3-5-9)10(12)13/h8-9H,1-7H2,(H,12,13)/t8-,9+. The van der Waals surface area contributed by atoms with E-state index < -0.39 is 5.97 Å². The molecule has 3 nitrogen and oxygen atoms in total. The van der Waals surface area contributed by atoms with E-state index in [0.29, 0.717) is 25.9 Å². The Balaban J connectivity index is 2.12. The van der Waals surface area contributed by atoms with Gasteiger partial charge in [0.2, 0.25) is 0 Å². The molecule has 0 unspecified atom stereocenters. The molecule has 4 heteroatoms. The highest BCUT2D eigenvalue weighted by molar-refractivity contribution is 5.69. The number of carboxylic acid groups (broad SMARTS) is 1. The maximum Gasteiger partial charge on any atom is 0.306 e. The van der Waals surface area contributed by atoms with Crippen molar-refractivity contribution in [3.63, 3.8) is 0 Å². The van der Waals surface area contributed by atoms with Gasteiger partial charge in [-0.2, -0.15) is 0 Å². The molecule has 0 bridgehead atoms. The average molecular weight is 204 g/mol. The van der Waals surface area contributed by atoms with Gasteiger partial charge in [-0.3, -0.25) is 9.18 Å². The highest BCUT2D eigenvalue weighted by Gasteiger charge is 2.25. The molecule has 0 spiro atoms. The van der Waals surface area contributed by atoms with Crippen LogP contribution in [0.2, 0.25) is 0 Å². The number of carboxylic acids is 1. The first-order valence-corrected chi connectivity index (χ1v) is 5.14. The highest BCUT2D eigenvalue weighted by atomic mass is 19.1. The Morgan fingerprint density at radius 3 is 2.50 bits per heavy atom. The molecule has 1 aliphatic carbocycles. The van der Waals surface area contributed by atoms with E-state index in [1.165, 1.54) is 0 Å². The van der Waals surface area contributed by atoms with Gasteiger partial charge in [0.25, 0.3) is 0 Å². The van der Waals surface area contributed by atoms with E-state index in [2.05, 4.69) is 0 Å². The molecule has 0 heterocycles. The summed E-state index contributed by atoms with van der Waals surface area (Å²) in [5, 5.41) is 8.75. The van der Waals surface area contributed by atoms with Crippen LogP contribution in [0.4, 0.5) is 4.39 Å². The Kier molecular flexibility index (Phi) is 4.87. The predicted octanol–water partition coefficient (Wildman–Crippen LogP) is 2.01. The Bertz CT molecular complexity index is 176. The molecule has 1 N–H and O–H groups in total. The quantitative estimate of drug-likeness (QED) is 0.697. The summed E-state index contributed by atoms with van der Waals surface area (Å²) in [5.74, 6) is -0.900. The van der Waals surface area contributed by atoms with Crippen LogP contribution >= 0.6 is 0 Å². The lowest BCUT2D eigenvalue weighted by atomic mass is 9.87. The summed E-state index contributed by atoms with van der Waals surface area (Å²) in [5.41, 5.74) is 0. The fraction of sp³-hybridized carbons (Fsp3) is 0.900. The van der Waals surface area contributed by atoms with Crippen molar-refractivity contribution in [2.24, 2.45) is 5.92 Å². The second-order valence-electron chi connectivity index (χ2n) is 3.73. The van der Waals surface area contributed by atoms with E-state index in [1.807, 2.05) is 0 Å². The minimum atomic E-state index is -0.702. The van der Waals surface area contributed by atoms with Crippen LogP contribution < -0.4 is 0 Å². The Morgan fingerprint density at radius 2 is 2.00 bits per heavy atom. The number of carbonyl (C=O) groups is 1. The molecule has 0 aromatic heterocycles. The van der Waals surface area contributed by atoms with Gasteiger partial charge in [-0.1, -0.05) is 0 Å². The first-order valence-electron chi connectivity index (χ1n) is 5.14. The first kappa shape index (κ1) is 11.4. The minimum Gasteiger partial charge on any atom is -0.481 e. The van der Waals surface area contributed by atoms with E-state index >= 15 is 0 Å². The zero-order valence-electron chi connectivity index (χ0n) is 8.25. The lowest BCUT2D eigenvalue weighted by molar-refractivity contribution is -0.143. The maximum atomic E-state index is 11.8. The molecular weight excluding hydrogens is 187 g/mol. The van der Waals surface area contributed by atoms with Crippen LogP contribution in [0.3, 0.4) is 0 Å². The molecule has 0 radical (unpaired) electrons. The van der Waals surface area contributed by atoms with Gasteiger partial charge >= 0.3 is 5.97 Å². The zero-order valence-corrected chi connectivity index (χ0v) is 8.25. The molecule has 0 aromatic carbocycles. The van der Waals surface area contributed by atoms with Crippen molar-refractivity contribution in [1.82, 2.24) is 0 Å². The van der Waals surface area contributed by atoms with Crippen molar-refractivity contribution in [3.05, 3.63) is 0 Å². The van der Waals surface area contributed by atoms with Crippen molar-refractivity contribution in [3.8, 4) is 0 Å². The number of aliphatic carboxylic acids is 1. The smallest absolute Gasteiger partial charge is 0.306 e. The molecule has 1 saturated carbocycles. The monoisotopic (exact) mass is 204 g/mol. The molecule has 14 heavy (non-hydrogen) atoms. The van der Waals surface area contributed by atoms with E-state index in [4.69, 9.17) is 9.84 Å². The molecule has 1 rings (SSSR count). The fourth-order valence-electron chi connectivity index (χ4n) is 1.78. The summed E-state index contributed by atoms with van der Waals surface area (Å²) in [4.78, 5) is 10.6. The molecule has 0 aliphatic heterocycles. The van der Waals surface area contributed by atoms with Crippen molar-refractivity contribution >= 4 is 5.97 Å². The van der Waals surface area contributed by atoms with Crippen LogP contribution in [0.25, 0.3) is 0 Å². The van der Waals surface area contributed by atoms with Gasteiger partial charge in [0, 0.05) is 6.61 Å². The SMILES string of the molecule is O=C(O)[C@H]1CC[C@@H](OCCCF)CC1. The first-order chi connectivity index (χ1) is 6.74. The molecular formula is C10H17FO3. The number of rotatable bonds is 5. The number of hydrogen-bond donors (Lipinski definition) is 1. The maximum absolute atomic E-state index is 11.8. The molecule has 0 aromatic rings. The molecule has 0 amide bonds. The Labute approximate surface area is 83.3 Å². The van der Waals surface area contributed by atoms with Crippen LogP contribution in [-0.4, -0.2) is 30.5 Å². The zero-order chi connectivity index (χ0) is 10.4. The normalized spacial score (nSPS) is 27.5. The van der Waals surface area contributed by atoms with E-state index in [0.717, 1.165) is 12.8 Å². The van der Waals surface area contributed by atoms with Gasteiger partial charge < -0.3 is 9.84 Å². The fourth-order valence-corrected chi connectivity index (χ4v) is 1.78. The van der Waals surface area contributed by atoms with Crippen molar-refractivity contribution < 1.29 is 19.0 Å². The van der Waals surface area contributed by atoms with Gasteiger partial charge in [0.1, 0.15) is 0 Å². The summed E-state index contributed by atoms with van der Waals surface area (Å²) in [6.45, 7) is 0.114. The van der Waals surface area contributed by atoms with Crippen LogP contribution in [0, 0.1) is 5.92 Å². The van der Waals surface area contributed by atoms with Crippen LogP contribution in [0.1, 0.15) is 32.1 Å². The van der Waals surface area contributed by atoms with Crippen LogP contribution in [0.5, 0.6) is 0 Å². The third-order valence-corrected chi connectivity index (χ3v) is 2.65. The summed E-state index contributed by atoms with van der Waals surface area (Å²) < 4.78 is 17.2. The highest BCUT2D eigenvalue weighted by Crippen LogP contribution is 2.26. The van der Waals surface area contributed by atoms with Gasteiger partial charge in [-0.05, 0) is 32.1 Å². The third kappa shape index (κ3) is 3.62. The molecule has 0 saturated heterocycles. The van der Waals surface area contributed by atoms with Gasteiger partial charge in [-0.15, -0.1) is 0 Å². The van der Waals surface area contributed by atoms with Crippen molar-refractivity contribution in [1.29, 1.82) is 0 Å². The number of alkyl halides is 1. The van der Waals surface area contributed by atoms with Gasteiger partial charge in [-0.25, -0.2) is 0 Å². The van der Waals surface area contributed by atoms with E-state index in [-0.39, 0.29) is 18.7 Å². The molecule has 1 aliphatic rings. The summed E-state index contributed by atoms with van der Waals surface area (Å²) in [6.07, 6.45) is 3.56. The molecule has 0 atom stereocenters. The third-order valence-electron chi connectivity index (χ3n) is 2.65. The van der Waals surface area contributed by atoms with Gasteiger partial charge in [0.15, 0.2) is 0 Å². The number of ether oxygens (including phenoxy) is 1.